The third kappa shape index (κ3) is 2.72. The van der Waals surface area contributed by atoms with Gasteiger partial charge in [-0.1, -0.05) is 0 Å². The van der Waals surface area contributed by atoms with Crippen molar-refractivity contribution in [3.05, 3.63) is 42.0 Å². The summed E-state index contributed by atoms with van der Waals surface area (Å²) in [4.78, 5) is 17.7. The van der Waals surface area contributed by atoms with E-state index in [2.05, 4.69) is 4.98 Å². The zero-order valence-electron chi connectivity index (χ0n) is 12.1. The number of ether oxygens (including phenoxy) is 1. The number of hydrogen-bond acceptors (Lipinski definition) is 4. The second-order valence-corrected chi connectivity index (χ2v) is 5.53. The summed E-state index contributed by atoms with van der Waals surface area (Å²) in [7, 11) is 1.61. The van der Waals surface area contributed by atoms with Crippen molar-refractivity contribution in [2.45, 2.75) is 24.8 Å². The van der Waals surface area contributed by atoms with Gasteiger partial charge in [-0.3, -0.25) is 4.79 Å². The average Bonchev–Trinajstić information content (AvgIpc) is 2.95. The van der Waals surface area contributed by atoms with E-state index in [9.17, 15) is 4.79 Å². The highest BCUT2D eigenvalue weighted by Gasteiger charge is 2.17. The molecule has 0 fully saturated rings. The Hall–Kier alpha value is -1.75. The van der Waals surface area contributed by atoms with Crippen LogP contribution >= 0.6 is 11.8 Å². The number of carbonyl (C=O) groups is 1. The predicted octanol–water partition coefficient (Wildman–Crippen LogP) is 3.43. The molecule has 0 aliphatic carbocycles. The van der Waals surface area contributed by atoms with Gasteiger partial charge in [0.1, 0.15) is 11.4 Å². The van der Waals surface area contributed by atoms with Crippen molar-refractivity contribution in [3.8, 4) is 5.75 Å². The maximum Gasteiger partial charge on any atom is 0.211 e. The molecule has 1 aromatic carbocycles. The first-order valence-electron chi connectivity index (χ1n) is 6.37. The van der Waals surface area contributed by atoms with Gasteiger partial charge in [-0.05, 0) is 38.3 Å². The van der Waals surface area contributed by atoms with Crippen LogP contribution in [0.2, 0.25) is 0 Å². The quantitative estimate of drug-likeness (QED) is 0.625. The van der Waals surface area contributed by atoms with Crippen molar-refractivity contribution in [1.29, 1.82) is 0 Å². The number of thioether (sulfide) groups is 1. The number of rotatable bonds is 5. The van der Waals surface area contributed by atoms with Gasteiger partial charge in [-0.15, -0.1) is 11.8 Å². The van der Waals surface area contributed by atoms with Crippen LogP contribution in [0.4, 0.5) is 0 Å². The van der Waals surface area contributed by atoms with E-state index in [1.54, 1.807) is 37.5 Å². The highest BCUT2D eigenvalue weighted by molar-refractivity contribution is 7.98. The normalized spacial score (nSPS) is 10.8. The third-order valence-corrected chi connectivity index (χ3v) is 3.88. The van der Waals surface area contributed by atoms with E-state index in [0.29, 0.717) is 11.3 Å². The first-order chi connectivity index (χ1) is 9.58. The van der Waals surface area contributed by atoms with Crippen LogP contribution in [0.15, 0.2) is 35.6 Å². The second kappa shape index (κ2) is 6.13. The molecule has 4 nitrogen and oxygen atoms in total. The fourth-order valence-electron chi connectivity index (χ4n) is 2.02. The van der Waals surface area contributed by atoms with Crippen LogP contribution < -0.4 is 4.74 Å². The SMILES string of the molecule is COc1cc(C(=O)c2cncn2C(C)C)ccc1SC. The first-order valence-corrected chi connectivity index (χ1v) is 7.59. The monoisotopic (exact) mass is 290 g/mol. The van der Waals surface area contributed by atoms with Crippen LogP contribution in [-0.2, 0) is 0 Å². The topological polar surface area (TPSA) is 44.1 Å². The lowest BCUT2D eigenvalue weighted by Gasteiger charge is -2.12. The molecular weight excluding hydrogens is 272 g/mol. The highest BCUT2D eigenvalue weighted by atomic mass is 32.2. The number of benzene rings is 1. The number of methoxy groups -OCH3 is 1. The van der Waals surface area contributed by atoms with Gasteiger partial charge in [-0.25, -0.2) is 4.98 Å². The molecule has 0 N–H and O–H groups in total. The predicted molar refractivity (Wildman–Crippen MR) is 80.8 cm³/mol. The van der Waals surface area contributed by atoms with E-state index in [1.165, 1.54) is 0 Å². The first kappa shape index (κ1) is 14.7. The van der Waals surface area contributed by atoms with Crippen molar-refractivity contribution in [2.75, 3.05) is 13.4 Å². The Balaban J connectivity index is 2.41. The maximum absolute atomic E-state index is 12.6. The number of nitrogens with zero attached hydrogens (tertiary/aromatic N) is 2. The zero-order chi connectivity index (χ0) is 14.7. The minimum absolute atomic E-state index is 0.0397. The summed E-state index contributed by atoms with van der Waals surface area (Å²) < 4.78 is 7.20. The lowest BCUT2D eigenvalue weighted by atomic mass is 10.1. The van der Waals surface area contributed by atoms with E-state index in [1.807, 2.05) is 36.8 Å². The molecule has 0 bridgehead atoms. The molecule has 0 aliphatic heterocycles. The fraction of sp³-hybridized carbons (Fsp3) is 0.333. The van der Waals surface area contributed by atoms with E-state index in [-0.39, 0.29) is 11.8 Å². The fourth-order valence-corrected chi connectivity index (χ4v) is 2.56. The van der Waals surface area contributed by atoms with Gasteiger partial charge >= 0.3 is 0 Å². The largest absolute Gasteiger partial charge is 0.496 e. The number of aromatic nitrogens is 2. The molecule has 0 atom stereocenters. The molecule has 0 radical (unpaired) electrons. The number of hydrogen-bond donors (Lipinski definition) is 0. The Morgan fingerprint density at radius 1 is 1.40 bits per heavy atom. The molecule has 5 heteroatoms. The van der Waals surface area contributed by atoms with E-state index >= 15 is 0 Å². The van der Waals surface area contributed by atoms with Crippen LogP contribution in [0.25, 0.3) is 0 Å². The Morgan fingerprint density at radius 2 is 2.15 bits per heavy atom. The van der Waals surface area contributed by atoms with Crippen molar-refractivity contribution in [1.82, 2.24) is 9.55 Å². The van der Waals surface area contributed by atoms with Crippen molar-refractivity contribution < 1.29 is 9.53 Å². The van der Waals surface area contributed by atoms with E-state index < -0.39 is 0 Å². The minimum Gasteiger partial charge on any atom is -0.496 e. The van der Waals surface area contributed by atoms with Crippen molar-refractivity contribution in [2.24, 2.45) is 0 Å². The smallest absolute Gasteiger partial charge is 0.211 e. The summed E-state index contributed by atoms with van der Waals surface area (Å²) in [6.45, 7) is 4.05. The lowest BCUT2D eigenvalue weighted by Crippen LogP contribution is -2.11. The molecule has 0 spiro atoms. The minimum atomic E-state index is -0.0397. The highest BCUT2D eigenvalue weighted by Crippen LogP contribution is 2.29. The van der Waals surface area contributed by atoms with Gasteiger partial charge < -0.3 is 9.30 Å². The maximum atomic E-state index is 12.6. The molecule has 1 aromatic heterocycles. The van der Waals surface area contributed by atoms with Gasteiger partial charge in [0.2, 0.25) is 5.78 Å². The third-order valence-electron chi connectivity index (χ3n) is 3.10. The molecule has 2 aromatic rings. The molecule has 2 rings (SSSR count). The van der Waals surface area contributed by atoms with Gasteiger partial charge in [0.25, 0.3) is 0 Å². The summed E-state index contributed by atoms with van der Waals surface area (Å²) in [5.74, 6) is 0.682. The molecule has 0 saturated carbocycles. The van der Waals surface area contributed by atoms with Crippen LogP contribution in [0.3, 0.4) is 0 Å². The number of ketones is 1. The number of imidazole rings is 1. The van der Waals surface area contributed by atoms with Gasteiger partial charge in [-0.2, -0.15) is 0 Å². The summed E-state index contributed by atoms with van der Waals surface area (Å²) in [6, 6.07) is 5.72. The standard InChI is InChI=1S/C15H18N2O2S/c1-10(2)17-9-16-8-12(17)15(18)11-5-6-14(20-4)13(7-11)19-3/h5-10H,1-4H3. The summed E-state index contributed by atoms with van der Waals surface area (Å²) >= 11 is 1.59. The van der Waals surface area contributed by atoms with Crippen LogP contribution in [0, 0.1) is 0 Å². The zero-order valence-corrected chi connectivity index (χ0v) is 12.9. The molecule has 20 heavy (non-hydrogen) atoms. The molecule has 1 heterocycles. The van der Waals surface area contributed by atoms with Crippen LogP contribution in [0.1, 0.15) is 35.9 Å². The Bertz CT molecular complexity index is 620. The lowest BCUT2D eigenvalue weighted by molar-refractivity contribution is 0.102. The van der Waals surface area contributed by atoms with Crippen molar-refractivity contribution in [3.63, 3.8) is 0 Å². The number of carbonyl (C=O) groups excluding carboxylic acids is 1. The van der Waals surface area contributed by atoms with E-state index in [0.717, 1.165) is 10.6 Å². The Kier molecular flexibility index (Phi) is 4.49. The molecule has 106 valence electrons. The summed E-state index contributed by atoms with van der Waals surface area (Å²) in [6.07, 6.45) is 5.27. The van der Waals surface area contributed by atoms with Crippen LogP contribution in [-0.4, -0.2) is 28.7 Å². The van der Waals surface area contributed by atoms with E-state index in [4.69, 9.17) is 4.74 Å². The van der Waals surface area contributed by atoms with Gasteiger partial charge in [0.05, 0.1) is 19.6 Å². The van der Waals surface area contributed by atoms with Gasteiger partial charge in [0, 0.05) is 16.5 Å². The average molecular weight is 290 g/mol. The van der Waals surface area contributed by atoms with Gasteiger partial charge in [0.15, 0.2) is 0 Å². The summed E-state index contributed by atoms with van der Waals surface area (Å²) in [5, 5.41) is 0. The molecular formula is C15H18N2O2S. The van der Waals surface area contributed by atoms with Crippen LogP contribution in [0.5, 0.6) is 5.75 Å². The molecule has 0 unspecified atom stereocenters. The van der Waals surface area contributed by atoms with Crippen molar-refractivity contribution >= 4 is 17.5 Å². The molecule has 0 aliphatic rings. The summed E-state index contributed by atoms with van der Waals surface area (Å²) in [5.41, 5.74) is 1.21. The molecule has 0 amide bonds. The molecule has 0 saturated heterocycles. The second-order valence-electron chi connectivity index (χ2n) is 4.68. The Morgan fingerprint density at radius 3 is 2.75 bits per heavy atom. The Labute approximate surface area is 123 Å².